The molecule has 0 bridgehead atoms. The van der Waals surface area contributed by atoms with Crippen LogP contribution in [0.4, 0.5) is 26.3 Å². The highest BCUT2D eigenvalue weighted by Crippen LogP contribution is 2.46. The summed E-state index contributed by atoms with van der Waals surface area (Å²) < 4.78 is 101. The van der Waals surface area contributed by atoms with Gasteiger partial charge in [-0.15, -0.1) is 11.3 Å². The van der Waals surface area contributed by atoms with Gasteiger partial charge in [0.15, 0.2) is 5.82 Å². The molecule has 2 unspecified atom stereocenters. The van der Waals surface area contributed by atoms with Crippen LogP contribution in [-0.2, 0) is 6.18 Å². The van der Waals surface area contributed by atoms with Gasteiger partial charge in [-0.25, -0.2) is 18.2 Å². The summed E-state index contributed by atoms with van der Waals surface area (Å²) in [6, 6.07) is 2.56. The molecule has 2 aromatic heterocycles. The second kappa shape index (κ2) is 10.4. The Morgan fingerprint density at radius 3 is 2.77 bits per heavy atom. The Kier molecular flexibility index (Phi) is 6.93. The summed E-state index contributed by atoms with van der Waals surface area (Å²) >= 11 is 0.902. The Hall–Kier alpha value is -3.23. The van der Waals surface area contributed by atoms with Crippen LogP contribution in [0.25, 0.3) is 32.2 Å². The number of halogens is 6. The molecular formula is C29H27F6N5O2S. The molecule has 5 heterocycles. The maximum absolute atomic E-state index is 16.5. The first kappa shape index (κ1) is 28.5. The topological polar surface area (TPSA) is 72.4 Å². The SMILES string of the molecule is CC1CNCC1Oc1nc(OC[C@@]23CCCN2C[C@H](F)C3)nc2c(F)c(-c3ccc(F)c4scnc34)c(C(F)(F)F)cc12. The molecular weight excluding hydrogens is 596 g/mol. The van der Waals surface area contributed by atoms with Crippen molar-refractivity contribution in [3.8, 4) is 23.0 Å². The summed E-state index contributed by atoms with van der Waals surface area (Å²) in [4.78, 5) is 14.6. The van der Waals surface area contributed by atoms with E-state index in [1.54, 1.807) is 0 Å². The highest BCUT2D eigenvalue weighted by Gasteiger charge is 2.49. The number of aromatic nitrogens is 3. The number of hydrogen-bond donors (Lipinski definition) is 1. The molecule has 3 saturated heterocycles. The van der Waals surface area contributed by atoms with Crippen molar-refractivity contribution in [3.63, 3.8) is 0 Å². The molecule has 43 heavy (non-hydrogen) atoms. The summed E-state index contributed by atoms with van der Waals surface area (Å²) in [5, 5.41) is 2.89. The van der Waals surface area contributed by atoms with Crippen molar-refractivity contribution in [3.05, 3.63) is 40.9 Å². The lowest BCUT2D eigenvalue weighted by Crippen LogP contribution is -2.43. The van der Waals surface area contributed by atoms with E-state index in [9.17, 15) is 22.0 Å². The van der Waals surface area contributed by atoms with Gasteiger partial charge in [0.05, 0.1) is 32.2 Å². The maximum Gasteiger partial charge on any atom is 0.417 e. The quantitative estimate of drug-likeness (QED) is 0.259. The van der Waals surface area contributed by atoms with E-state index < -0.39 is 52.3 Å². The van der Waals surface area contributed by atoms with Crippen LogP contribution in [0, 0.1) is 17.6 Å². The Bertz CT molecular complexity index is 1720. The maximum atomic E-state index is 16.5. The number of nitrogens with one attached hydrogen (secondary N) is 1. The third-order valence-electron chi connectivity index (χ3n) is 8.83. The summed E-state index contributed by atoms with van der Waals surface area (Å²) in [7, 11) is 0. The van der Waals surface area contributed by atoms with Crippen LogP contribution in [0.2, 0.25) is 0 Å². The van der Waals surface area contributed by atoms with Crippen molar-refractivity contribution in [2.45, 2.75) is 50.2 Å². The van der Waals surface area contributed by atoms with Crippen molar-refractivity contribution in [2.75, 3.05) is 32.8 Å². The number of hydrogen-bond acceptors (Lipinski definition) is 8. The lowest BCUT2D eigenvalue weighted by atomic mass is 9.95. The Morgan fingerprint density at radius 2 is 2.00 bits per heavy atom. The fourth-order valence-electron chi connectivity index (χ4n) is 6.68. The van der Waals surface area contributed by atoms with Gasteiger partial charge in [0.1, 0.15) is 30.2 Å². The summed E-state index contributed by atoms with van der Waals surface area (Å²) in [5.74, 6) is -2.20. The molecule has 4 aromatic rings. The van der Waals surface area contributed by atoms with E-state index in [1.165, 1.54) is 5.51 Å². The zero-order valence-electron chi connectivity index (χ0n) is 23.0. The van der Waals surface area contributed by atoms with Crippen LogP contribution in [0.1, 0.15) is 31.7 Å². The van der Waals surface area contributed by atoms with Gasteiger partial charge >= 0.3 is 12.2 Å². The van der Waals surface area contributed by atoms with Crippen LogP contribution in [-0.4, -0.2) is 70.5 Å². The van der Waals surface area contributed by atoms with Crippen molar-refractivity contribution < 1.29 is 35.8 Å². The van der Waals surface area contributed by atoms with Crippen LogP contribution in [0.15, 0.2) is 23.7 Å². The molecule has 0 amide bonds. The number of thiazole rings is 1. The van der Waals surface area contributed by atoms with E-state index >= 15 is 4.39 Å². The summed E-state index contributed by atoms with van der Waals surface area (Å²) in [6.07, 6.45) is -4.59. The van der Waals surface area contributed by atoms with Crippen LogP contribution >= 0.6 is 11.3 Å². The van der Waals surface area contributed by atoms with Gasteiger partial charge < -0.3 is 14.8 Å². The van der Waals surface area contributed by atoms with Gasteiger partial charge in [0.2, 0.25) is 5.88 Å². The molecule has 0 spiro atoms. The average Bonchev–Trinajstić information content (AvgIpc) is 3.73. The minimum Gasteiger partial charge on any atom is -0.472 e. The van der Waals surface area contributed by atoms with Gasteiger partial charge in [-0.1, -0.05) is 6.92 Å². The Balaban J connectivity index is 1.40. The van der Waals surface area contributed by atoms with E-state index in [1.807, 2.05) is 11.8 Å². The molecule has 4 atom stereocenters. The third kappa shape index (κ3) is 4.87. The lowest BCUT2D eigenvalue weighted by molar-refractivity contribution is -0.137. The fraction of sp³-hybridized carbons (Fsp3) is 0.483. The van der Waals surface area contributed by atoms with Gasteiger partial charge in [0, 0.05) is 43.1 Å². The first-order valence-electron chi connectivity index (χ1n) is 14.1. The Morgan fingerprint density at radius 1 is 1.16 bits per heavy atom. The van der Waals surface area contributed by atoms with E-state index in [0.717, 1.165) is 42.5 Å². The number of ether oxygens (including phenoxy) is 2. The predicted octanol–water partition coefficient (Wildman–Crippen LogP) is 6.15. The number of nitrogens with zero attached hydrogens (tertiary/aromatic N) is 4. The van der Waals surface area contributed by atoms with Gasteiger partial charge in [-0.3, -0.25) is 4.90 Å². The zero-order chi connectivity index (χ0) is 30.1. The van der Waals surface area contributed by atoms with Crippen molar-refractivity contribution in [1.29, 1.82) is 0 Å². The smallest absolute Gasteiger partial charge is 0.417 e. The number of fused-ring (bicyclic) bond motifs is 3. The van der Waals surface area contributed by atoms with E-state index in [-0.39, 0.29) is 52.0 Å². The van der Waals surface area contributed by atoms with Gasteiger partial charge in [-0.05, 0) is 37.6 Å². The number of benzene rings is 2. The van der Waals surface area contributed by atoms with Crippen LogP contribution < -0.4 is 14.8 Å². The molecule has 3 aliphatic heterocycles. The molecule has 14 heteroatoms. The zero-order valence-corrected chi connectivity index (χ0v) is 23.8. The molecule has 1 N–H and O–H groups in total. The van der Waals surface area contributed by atoms with Gasteiger partial charge in [0.25, 0.3) is 0 Å². The third-order valence-corrected chi connectivity index (χ3v) is 9.66. The monoisotopic (exact) mass is 623 g/mol. The first-order chi connectivity index (χ1) is 20.5. The largest absolute Gasteiger partial charge is 0.472 e. The molecule has 3 fully saturated rings. The second-order valence-corrected chi connectivity index (χ2v) is 12.5. The standard InChI is InChI=1S/C29H27F6N5O2S/c1-14-9-36-10-20(14)42-26-17-7-18(29(33,34)35)21(16-3-4-19(31)25-24(16)37-13-43-25)22(32)23(17)38-27(39-26)41-12-28-5-2-6-40(28)11-15(30)8-28/h3-4,7,13-15,20,36H,2,5-6,8-12H2,1H3/t14?,15-,20?,28+/m1/s1. The van der Waals surface area contributed by atoms with Crippen LogP contribution in [0.3, 0.4) is 0 Å². The number of alkyl halides is 4. The minimum atomic E-state index is -4.99. The highest BCUT2D eigenvalue weighted by molar-refractivity contribution is 7.16. The summed E-state index contributed by atoms with van der Waals surface area (Å²) in [5.41, 5.74) is -2.12. The summed E-state index contributed by atoms with van der Waals surface area (Å²) in [6.45, 7) is 4.02. The van der Waals surface area contributed by atoms with Crippen LogP contribution in [0.5, 0.6) is 11.9 Å². The lowest BCUT2D eigenvalue weighted by Gasteiger charge is -2.30. The first-order valence-corrected chi connectivity index (χ1v) is 14.9. The Labute approximate surface area is 246 Å². The van der Waals surface area contributed by atoms with Gasteiger partial charge in [-0.2, -0.15) is 23.1 Å². The van der Waals surface area contributed by atoms with E-state index in [0.29, 0.717) is 26.1 Å². The molecule has 0 radical (unpaired) electrons. The predicted molar refractivity (Wildman–Crippen MR) is 148 cm³/mol. The van der Waals surface area contributed by atoms with Crippen molar-refractivity contribution >= 4 is 32.5 Å². The molecule has 0 aliphatic carbocycles. The molecule has 228 valence electrons. The van der Waals surface area contributed by atoms with Crippen molar-refractivity contribution in [2.24, 2.45) is 5.92 Å². The minimum absolute atomic E-state index is 0.00340. The highest BCUT2D eigenvalue weighted by atomic mass is 32.1. The molecule has 7 nitrogen and oxygen atoms in total. The van der Waals surface area contributed by atoms with Crippen molar-refractivity contribution in [1.82, 2.24) is 25.2 Å². The number of rotatable bonds is 6. The molecule has 3 aliphatic rings. The van der Waals surface area contributed by atoms with E-state index in [2.05, 4.69) is 20.3 Å². The molecule has 0 saturated carbocycles. The second-order valence-electron chi connectivity index (χ2n) is 11.6. The molecule has 2 aromatic carbocycles. The normalized spacial score (nSPS) is 26.1. The molecule has 7 rings (SSSR count). The average molecular weight is 624 g/mol. The van der Waals surface area contributed by atoms with E-state index in [4.69, 9.17) is 9.47 Å². The fourth-order valence-corrected chi connectivity index (χ4v) is 7.39.